The van der Waals surface area contributed by atoms with Crippen LogP contribution in [-0.4, -0.2) is 79.4 Å². The minimum atomic E-state index is -0.667. The molecule has 1 fully saturated rings. The van der Waals surface area contributed by atoms with Gasteiger partial charge in [-0.05, 0) is 6.61 Å². The molecule has 1 aliphatic heterocycles. The summed E-state index contributed by atoms with van der Waals surface area (Å²) in [6, 6.07) is -0.532. The average Bonchev–Trinajstić information content (AvgIpc) is 2.56. The molecule has 1 saturated heterocycles. The molecule has 0 N–H and O–H groups in total. The van der Waals surface area contributed by atoms with Crippen LogP contribution in [0.2, 0.25) is 0 Å². The maximum atomic E-state index is 11.5. The third-order valence-corrected chi connectivity index (χ3v) is 2.52. The number of rotatable bonds is 5. The Morgan fingerprint density at radius 1 is 1.35 bits per heavy atom. The average molecular weight is 359 g/mol. The van der Waals surface area contributed by atoms with Gasteiger partial charge in [-0.1, -0.05) is 0 Å². The monoisotopic (exact) mass is 359 g/mol. The molecule has 8 nitrogen and oxygen atoms in total. The fourth-order valence-corrected chi connectivity index (χ4v) is 1.37. The Morgan fingerprint density at radius 2 is 1.95 bits per heavy atom. The molecule has 0 aliphatic carbocycles. The number of hydrogen-bond donors (Lipinski definition) is 0. The van der Waals surface area contributed by atoms with Crippen molar-refractivity contribution in [2.45, 2.75) is 0 Å². The molecule has 0 radical (unpaired) electrons. The Balaban J connectivity index is 0.00000361. The van der Waals surface area contributed by atoms with E-state index >= 15 is 0 Å². The normalized spacial score (nSPS) is 13.9. The molecule has 20 heavy (non-hydrogen) atoms. The summed E-state index contributed by atoms with van der Waals surface area (Å²) in [7, 11) is 4.50. The SMILES string of the molecule is CN(C)C(=O)[CH-]COC(=O)CN1CC(=O)N(C)C1=O.[Y+3]. The number of carbonyl (C=O) groups is 4. The van der Waals surface area contributed by atoms with Crippen molar-refractivity contribution in [3.63, 3.8) is 0 Å². The Bertz CT molecular complexity index is 413. The van der Waals surface area contributed by atoms with Crippen LogP contribution in [-0.2, 0) is 51.8 Å². The third kappa shape index (κ3) is 5.09. The van der Waals surface area contributed by atoms with Crippen LogP contribution >= 0.6 is 0 Å². The molecule has 0 aromatic rings. The van der Waals surface area contributed by atoms with Crippen LogP contribution in [0.15, 0.2) is 0 Å². The standard InChI is InChI=1S/C11H16N3O5.Y/c1-12(2)8(15)4-5-19-10(17)7-14-6-9(16)13(3)11(14)18;/h4H,5-7H2,1-3H3;/q-1;+3. The van der Waals surface area contributed by atoms with Gasteiger partial charge in [-0.3, -0.25) is 20.9 Å². The second kappa shape index (κ2) is 8.21. The number of carbonyl (C=O) groups excluding carboxylic acids is 4. The van der Waals surface area contributed by atoms with Crippen molar-refractivity contribution in [2.75, 3.05) is 40.8 Å². The van der Waals surface area contributed by atoms with Crippen molar-refractivity contribution in [1.82, 2.24) is 14.7 Å². The van der Waals surface area contributed by atoms with Crippen LogP contribution in [0, 0.1) is 6.42 Å². The first-order chi connectivity index (χ1) is 8.82. The number of ether oxygens (including phenoxy) is 1. The smallest absolute Gasteiger partial charge is 0.494 e. The molecule has 9 heteroatoms. The van der Waals surface area contributed by atoms with E-state index in [1.807, 2.05) is 0 Å². The second-order valence-corrected chi connectivity index (χ2v) is 4.21. The van der Waals surface area contributed by atoms with Crippen molar-refractivity contribution in [3.8, 4) is 0 Å². The number of amides is 4. The van der Waals surface area contributed by atoms with E-state index in [0.29, 0.717) is 0 Å². The van der Waals surface area contributed by atoms with Crippen molar-refractivity contribution in [1.29, 1.82) is 0 Å². The van der Waals surface area contributed by atoms with E-state index < -0.39 is 12.0 Å². The second-order valence-electron chi connectivity index (χ2n) is 4.21. The summed E-state index contributed by atoms with van der Waals surface area (Å²) in [6.07, 6.45) is 1.21. The van der Waals surface area contributed by atoms with Gasteiger partial charge in [-0.25, -0.2) is 4.79 Å². The van der Waals surface area contributed by atoms with Crippen LogP contribution < -0.4 is 0 Å². The molecular formula is C11H16N3O5Y+2. The van der Waals surface area contributed by atoms with Gasteiger partial charge in [0.1, 0.15) is 13.1 Å². The molecule has 1 rings (SSSR count). The quantitative estimate of drug-likeness (QED) is 0.347. The predicted molar refractivity (Wildman–Crippen MR) is 63.7 cm³/mol. The van der Waals surface area contributed by atoms with Crippen LogP contribution in [0.5, 0.6) is 0 Å². The predicted octanol–water partition coefficient (Wildman–Crippen LogP) is -1.29. The van der Waals surface area contributed by atoms with E-state index in [0.717, 1.165) is 9.80 Å². The Labute approximate surface area is 142 Å². The van der Waals surface area contributed by atoms with Gasteiger partial charge in [-0.15, -0.1) is 0 Å². The van der Waals surface area contributed by atoms with Crippen LogP contribution in [0.4, 0.5) is 4.79 Å². The largest absolute Gasteiger partial charge is 3.00 e. The molecule has 0 atom stereocenters. The number of hydrogen-bond acceptors (Lipinski definition) is 5. The summed E-state index contributed by atoms with van der Waals surface area (Å²) in [5, 5.41) is 0. The molecule has 1 heterocycles. The number of likely N-dealkylation sites (N-methyl/N-ethyl adjacent to an activating group) is 1. The minimum Gasteiger partial charge on any atom is -0.494 e. The van der Waals surface area contributed by atoms with Gasteiger partial charge in [0.15, 0.2) is 0 Å². The van der Waals surface area contributed by atoms with E-state index in [9.17, 15) is 19.2 Å². The minimum absolute atomic E-state index is 0. The maximum Gasteiger partial charge on any atom is 3.00 e. The topological polar surface area (TPSA) is 87.2 Å². The zero-order valence-electron chi connectivity index (χ0n) is 11.7. The number of esters is 1. The molecule has 1 aliphatic rings. The van der Waals surface area contributed by atoms with Gasteiger partial charge in [-0.2, -0.15) is 0 Å². The number of imide groups is 1. The van der Waals surface area contributed by atoms with Gasteiger partial charge in [0.25, 0.3) is 0 Å². The molecule has 106 valence electrons. The van der Waals surface area contributed by atoms with E-state index in [1.54, 1.807) is 14.1 Å². The summed E-state index contributed by atoms with van der Waals surface area (Å²) in [6.45, 7) is -0.606. The van der Waals surface area contributed by atoms with Gasteiger partial charge >= 0.3 is 44.7 Å². The number of urea groups is 1. The molecule has 0 bridgehead atoms. The van der Waals surface area contributed by atoms with Crippen molar-refractivity contribution >= 4 is 23.8 Å². The van der Waals surface area contributed by atoms with Crippen molar-refractivity contribution < 1.29 is 56.6 Å². The zero-order valence-corrected chi connectivity index (χ0v) is 14.5. The van der Waals surface area contributed by atoms with E-state index in [1.165, 1.54) is 18.4 Å². The molecule has 0 saturated carbocycles. The molecule has 0 aromatic carbocycles. The zero-order chi connectivity index (χ0) is 14.6. The van der Waals surface area contributed by atoms with E-state index in [-0.39, 0.29) is 64.2 Å². The summed E-state index contributed by atoms with van der Waals surface area (Å²) in [5.41, 5.74) is 0. The van der Waals surface area contributed by atoms with Crippen molar-refractivity contribution in [2.24, 2.45) is 0 Å². The van der Waals surface area contributed by atoms with E-state index in [2.05, 4.69) is 0 Å². The first kappa shape index (κ1) is 18.9. The van der Waals surface area contributed by atoms with Gasteiger partial charge in [0.2, 0.25) is 5.91 Å². The third-order valence-electron chi connectivity index (χ3n) is 2.52. The van der Waals surface area contributed by atoms with Gasteiger partial charge in [0.05, 0.1) is 5.91 Å². The first-order valence-electron chi connectivity index (χ1n) is 5.58. The fraction of sp³-hybridized carbons (Fsp3) is 0.545. The molecular weight excluding hydrogens is 343 g/mol. The summed E-state index contributed by atoms with van der Waals surface area (Å²) < 4.78 is 4.78. The van der Waals surface area contributed by atoms with Crippen LogP contribution in [0.1, 0.15) is 0 Å². The maximum absolute atomic E-state index is 11.5. The molecule has 4 amide bonds. The Hall–Kier alpha value is -1.15. The Morgan fingerprint density at radius 3 is 2.40 bits per heavy atom. The van der Waals surface area contributed by atoms with Gasteiger partial charge < -0.3 is 19.3 Å². The van der Waals surface area contributed by atoms with Crippen molar-refractivity contribution in [3.05, 3.63) is 6.42 Å². The molecule has 0 aromatic heterocycles. The van der Waals surface area contributed by atoms with Crippen LogP contribution in [0.25, 0.3) is 0 Å². The number of nitrogens with zero attached hydrogens (tertiary/aromatic N) is 3. The Kier molecular flexibility index (Phi) is 7.74. The summed E-state index contributed by atoms with van der Waals surface area (Å²) in [5.74, 6) is -1.31. The fourth-order valence-electron chi connectivity index (χ4n) is 1.37. The summed E-state index contributed by atoms with van der Waals surface area (Å²) in [4.78, 5) is 48.6. The molecule has 0 unspecified atom stereocenters. The summed E-state index contributed by atoms with van der Waals surface area (Å²) >= 11 is 0. The van der Waals surface area contributed by atoms with Gasteiger partial charge in [0, 0.05) is 21.1 Å². The van der Waals surface area contributed by atoms with E-state index in [4.69, 9.17) is 4.74 Å². The first-order valence-corrected chi connectivity index (χ1v) is 5.58. The molecule has 0 spiro atoms. The van der Waals surface area contributed by atoms with Crippen LogP contribution in [0.3, 0.4) is 0 Å².